The van der Waals surface area contributed by atoms with Crippen molar-refractivity contribution in [3.05, 3.63) is 21.9 Å². The van der Waals surface area contributed by atoms with Gasteiger partial charge in [0, 0.05) is 6.04 Å². The molecule has 1 aromatic heterocycles. The molecule has 0 bridgehead atoms. The van der Waals surface area contributed by atoms with Crippen molar-refractivity contribution >= 4 is 35.0 Å². The number of carbonyl (C=O) groups is 4. The van der Waals surface area contributed by atoms with Gasteiger partial charge in [0.15, 0.2) is 0 Å². The number of thiophene rings is 1. The number of nitrogens with one attached hydrogen (secondary N) is 1. The second-order valence-corrected chi connectivity index (χ2v) is 5.98. The summed E-state index contributed by atoms with van der Waals surface area (Å²) in [6.07, 6.45) is -0.0695. The lowest BCUT2D eigenvalue weighted by atomic mass is 10.2. The highest BCUT2D eigenvalue weighted by Gasteiger charge is 2.40. The Balaban J connectivity index is 2.08. The highest BCUT2D eigenvalue weighted by atomic mass is 32.1. The Labute approximate surface area is 124 Å². The summed E-state index contributed by atoms with van der Waals surface area (Å²) in [5.41, 5.74) is 0. The Hall–Kier alpha value is -2.22. The Morgan fingerprint density at radius 3 is 2.43 bits per heavy atom. The number of amides is 3. The number of hydrogen-bond donors (Lipinski definition) is 2. The van der Waals surface area contributed by atoms with Crippen molar-refractivity contribution in [1.82, 2.24) is 10.2 Å². The van der Waals surface area contributed by atoms with Gasteiger partial charge < -0.3 is 10.4 Å². The molecule has 0 saturated carbocycles. The SMILES string of the molecule is CC(C)N1C(=O)CC(NC(=O)c2ccc(C(=O)O)s2)C1=O. The van der Waals surface area contributed by atoms with E-state index in [-0.39, 0.29) is 28.1 Å². The Morgan fingerprint density at radius 2 is 1.95 bits per heavy atom. The topological polar surface area (TPSA) is 104 Å². The highest BCUT2D eigenvalue weighted by Crippen LogP contribution is 2.19. The fourth-order valence-corrected chi connectivity index (χ4v) is 2.86. The van der Waals surface area contributed by atoms with Gasteiger partial charge in [-0.2, -0.15) is 0 Å². The first kappa shape index (κ1) is 15.2. The van der Waals surface area contributed by atoms with E-state index in [0.717, 1.165) is 16.2 Å². The number of carboxylic acids is 1. The smallest absolute Gasteiger partial charge is 0.345 e. The zero-order valence-corrected chi connectivity index (χ0v) is 12.3. The zero-order valence-electron chi connectivity index (χ0n) is 11.5. The molecule has 2 rings (SSSR count). The zero-order chi connectivity index (χ0) is 15.7. The molecule has 1 aliphatic rings. The molecule has 1 aliphatic heterocycles. The van der Waals surface area contributed by atoms with Gasteiger partial charge in [-0.05, 0) is 26.0 Å². The van der Waals surface area contributed by atoms with Crippen molar-refractivity contribution in [2.45, 2.75) is 32.4 Å². The summed E-state index contributed by atoms with van der Waals surface area (Å²) < 4.78 is 0. The molecular weight excluding hydrogens is 296 g/mol. The summed E-state index contributed by atoms with van der Waals surface area (Å²) in [6, 6.07) is 1.56. The number of aromatic carboxylic acids is 1. The van der Waals surface area contributed by atoms with Crippen LogP contribution in [0.1, 0.15) is 39.6 Å². The van der Waals surface area contributed by atoms with E-state index in [9.17, 15) is 19.2 Å². The van der Waals surface area contributed by atoms with Crippen LogP contribution in [0.25, 0.3) is 0 Å². The third-order valence-corrected chi connectivity index (χ3v) is 4.12. The molecule has 1 fully saturated rings. The van der Waals surface area contributed by atoms with Gasteiger partial charge in [0.2, 0.25) is 5.91 Å². The lowest BCUT2D eigenvalue weighted by Crippen LogP contribution is -2.43. The minimum absolute atomic E-state index is 0.0396. The molecule has 0 spiro atoms. The molecule has 1 saturated heterocycles. The maximum absolute atomic E-state index is 12.0. The highest BCUT2D eigenvalue weighted by molar-refractivity contribution is 7.15. The predicted octanol–water partition coefficient (Wildman–Crippen LogP) is 0.712. The van der Waals surface area contributed by atoms with Crippen LogP contribution in [0.3, 0.4) is 0 Å². The number of carbonyl (C=O) groups excluding carboxylic acids is 3. The van der Waals surface area contributed by atoms with Crippen molar-refractivity contribution in [3.63, 3.8) is 0 Å². The van der Waals surface area contributed by atoms with E-state index in [1.165, 1.54) is 12.1 Å². The van der Waals surface area contributed by atoms with E-state index >= 15 is 0 Å². The number of imide groups is 1. The summed E-state index contributed by atoms with van der Waals surface area (Å²) >= 11 is 0.820. The van der Waals surface area contributed by atoms with Crippen molar-refractivity contribution in [2.24, 2.45) is 0 Å². The van der Waals surface area contributed by atoms with Crippen LogP contribution < -0.4 is 5.32 Å². The van der Waals surface area contributed by atoms with E-state index in [1.807, 2.05) is 0 Å². The van der Waals surface area contributed by atoms with E-state index in [4.69, 9.17) is 5.11 Å². The van der Waals surface area contributed by atoms with Gasteiger partial charge in [0.1, 0.15) is 10.9 Å². The van der Waals surface area contributed by atoms with Gasteiger partial charge in [-0.1, -0.05) is 0 Å². The van der Waals surface area contributed by atoms with Gasteiger partial charge in [-0.15, -0.1) is 11.3 Å². The molecule has 1 aromatic rings. The maximum atomic E-state index is 12.0. The summed E-state index contributed by atoms with van der Waals surface area (Å²) in [5.74, 6) is -2.42. The molecule has 1 atom stereocenters. The Morgan fingerprint density at radius 1 is 1.33 bits per heavy atom. The van der Waals surface area contributed by atoms with Crippen LogP contribution in [0.5, 0.6) is 0 Å². The van der Waals surface area contributed by atoms with Crippen molar-refractivity contribution < 1.29 is 24.3 Å². The molecule has 8 heteroatoms. The van der Waals surface area contributed by atoms with Gasteiger partial charge in [0.05, 0.1) is 11.3 Å². The molecule has 1 unspecified atom stereocenters. The molecule has 0 aromatic carbocycles. The van der Waals surface area contributed by atoms with Crippen LogP contribution in [0.15, 0.2) is 12.1 Å². The Bertz CT molecular complexity index is 622. The van der Waals surface area contributed by atoms with Crippen molar-refractivity contribution in [1.29, 1.82) is 0 Å². The largest absolute Gasteiger partial charge is 0.477 e. The third-order valence-electron chi connectivity index (χ3n) is 3.05. The standard InChI is InChI=1S/C13H14N2O5S/c1-6(2)15-10(16)5-7(12(15)18)14-11(17)8-3-4-9(21-8)13(19)20/h3-4,6-7H,5H2,1-2H3,(H,14,17)(H,19,20). The summed E-state index contributed by atoms with van der Waals surface area (Å²) in [4.78, 5) is 47.9. The minimum Gasteiger partial charge on any atom is -0.477 e. The second-order valence-electron chi connectivity index (χ2n) is 4.89. The summed E-state index contributed by atoms with van der Waals surface area (Å²) in [7, 11) is 0. The van der Waals surface area contributed by atoms with E-state index in [1.54, 1.807) is 13.8 Å². The second kappa shape index (κ2) is 5.65. The van der Waals surface area contributed by atoms with E-state index in [0.29, 0.717) is 0 Å². The first-order chi connectivity index (χ1) is 9.81. The summed E-state index contributed by atoms with van der Waals surface area (Å²) in [6.45, 7) is 3.44. The molecule has 2 heterocycles. The van der Waals surface area contributed by atoms with Crippen molar-refractivity contribution in [2.75, 3.05) is 0 Å². The molecular formula is C13H14N2O5S. The van der Waals surface area contributed by atoms with Crippen molar-refractivity contribution in [3.8, 4) is 0 Å². The number of hydrogen-bond acceptors (Lipinski definition) is 5. The number of likely N-dealkylation sites (tertiary alicyclic amines) is 1. The molecule has 2 N–H and O–H groups in total. The lowest BCUT2D eigenvalue weighted by molar-refractivity contribution is -0.140. The first-order valence-electron chi connectivity index (χ1n) is 6.31. The van der Waals surface area contributed by atoms with Crippen LogP contribution in [-0.2, 0) is 9.59 Å². The lowest BCUT2D eigenvalue weighted by Gasteiger charge is -2.19. The Kier molecular flexibility index (Phi) is 4.08. The van der Waals surface area contributed by atoms with Gasteiger partial charge in [-0.3, -0.25) is 19.3 Å². The van der Waals surface area contributed by atoms with Gasteiger partial charge in [-0.25, -0.2) is 4.79 Å². The van der Waals surface area contributed by atoms with Crippen LogP contribution in [0.2, 0.25) is 0 Å². The molecule has 7 nitrogen and oxygen atoms in total. The third kappa shape index (κ3) is 2.94. The molecule has 112 valence electrons. The fourth-order valence-electron chi connectivity index (χ4n) is 2.11. The van der Waals surface area contributed by atoms with Crippen LogP contribution in [0.4, 0.5) is 0 Å². The maximum Gasteiger partial charge on any atom is 0.345 e. The summed E-state index contributed by atoms with van der Waals surface area (Å²) in [5, 5.41) is 11.3. The quantitative estimate of drug-likeness (QED) is 0.797. The molecule has 0 aliphatic carbocycles. The number of nitrogens with zero attached hydrogens (tertiary/aromatic N) is 1. The van der Waals surface area contributed by atoms with E-state index in [2.05, 4.69) is 5.32 Å². The fraction of sp³-hybridized carbons (Fsp3) is 0.385. The number of carboxylic acid groups (broad SMARTS) is 1. The monoisotopic (exact) mass is 310 g/mol. The van der Waals surface area contributed by atoms with E-state index < -0.39 is 23.8 Å². The molecule has 3 amide bonds. The van der Waals surface area contributed by atoms with Gasteiger partial charge >= 0.3 is 5.97 Å². The number of rotatable bonds is 4. The average molecular weight is 310 g/mol. The molecule has 0 radical (unpaired) electrons. The van der Waals surface area contributed by atoms with Crippen LogP contribution in [0, 0.1) is 0 Å². The van der Waals surface area contributed by atoms with Gasteiger partial charge in [0.25, 0.3) is 11.8 Å². The first-order valence-corrected chi connectivity index (χ1v) is 7.12. The average Bonchev–Trinajstić information content (AvgIpc) is 2.95. The predicted molar refractivity (Wildman–Crippen MR) is 74.1 cm³/mol. The van der Waals surface area contributed by atoms with Crippen LogP contribution in [-0.4, -0.2) is 45.8 Å². The van der Waals surface area contributed by atoms with Crippen LogP contribution >= 0.6 is 11.3 Å². The molecule has 21 heavy (non-hydrogen) atoms. The normalized spacial score (nSPS) is 18.4. The minimum atomic E-state index is -1.11.